The number of nitrogens with zero attached hydrogens (tertiary/aromatic N) is 2. The van der Waals surface area contributed by atoms with E-state index < -0.39 is 0 Å². The molecule has 1 aliphatic rings. The summed E-state index contributed by atoms with van der Waals surface area (Å²) in [6.45, 7) is 1.87. The average molecular weight is 418 g/mol. The van der Waals surface area contributed by atoms with Gasteiger partial charge in [0.25, 0.3) is 0 Å². The minimum absolute atomic E-state index is 0.0901. The summed E-state index contributed by atoms with van der Waals surface area (Å²) in [5.41, 5.74) is 4.49. The van der Waals surface area contributed by atoms with E-state index in [0.717, 1.165) is 11.1 Å². The molecule has 2 amide bonds. The van der Waals surface area contributed by atoms with Crippen LogP contribution in [0.3, 0.4) is 0 Å². The predicted octanol–water partition coefficient (Wildman–Crippen LogP) is 5.14. The summed E-state index contributed by atoms with van der Waals surface area (Å²) in [6.07, 6.45) is 0.0913. The molecule has 1 aliphatic heterocycles. The second-order valence-electron chi connectivity index (χ2n) is 7.13. The van der Waals surface area contributed by atoms with Crippen LogP contribution in [0.1, 0.15) is 17.5 Å². The molecule has 5 nitrogen and oxygen atoms in total. The predicted molar refractivity (Wildman–Crippen MR) is 121 cm³/mol. The van der Waals surface area contributed by atoms with Crippen LogP contribution in [0.25, 0.3) is 0 Å². The standard InChI is InChI=1S/C24H20ClN3O2/c1-16-5-4-6-19(13-16)26-23(29)15-28-22-8-3-2-7-20(22)27-21(14-24(28)30)17-9-11-18(25)12-10-17/h2-13H,14-15H2,1H3,(H,26,29). The van der Waals surface area contributed by atoms with E-state index in [4.69, 9.17) is 16.6 Å². The van der Waals surface area contributed by atoms with Crippen LogP contribution in [0.4, 0.5) is 17.1 Å². The Morgan fingerprint density at radius 2 is 1.83 bits per heavy atom. The highest BCUT2D eigenvalue weighted by molar-refractivity contribution is 6.30. The molecule has 4 rings (SSSR count). The summed E-state index contributed by atoms with van der Waals surface area (Å²) in [4.78, 5) is 32.0. The highest BCUT2D eigenvalue weighted by Crippen LogP contribution is 2.33. The Labute approximate surface area is 180 Å². The molecule has 0 fully saturated rings. The molecule has 1 heterocycles. The maximum Gasteiger partial charge on any atom is 0.244 e. The Kier molecular flexibility index (Phi) is 5.63. The van der Waals surface area contributed by atoms with Gasteiger partial charge in [0.15, 0.2) is 0 Å². The van der Waals surface area contributed by atoms with Gasteiger partial charge in [-0.05, 0) is 54.4 Å². The van der Waals surface area contributed by atoms with E-state index in [1.54, 1.807) is 12.1 Å². The lowest BCUT2D eigenvalue weighted by Gasteiger charge is -2.22. The number of carbonyl (C=O) groups is 2. The van der Waals surface area contributed by atoms with E-state index in [-0.39, 0.29) is 24.8 Å². The van der Waals surface area contributed by atoms with Gasteiger partial charge in [-0.1, -0.05) is 48.0 Å². The highest BCUT2D eigenvalue weighted by Gasteiger charge is 2.26. The van der Waals surface area contributed by atoms with Crippen LogP contribution in [0, 0.1) is 6.92 Å². The SMILES string of the molecule is Cc1cccc(NC(=O)CN2C(=O)CC(c3ccc(Cl)cc3)=Nc3ccccc32)c1. The molecular formula is C24H20ClN3O2. The number of hydrogen-bond donors (Lipinski definition) is 1. The lowest BCUT2D eigenvalue weighted by Crippen LogP contribution is -2.38. The molecule has 0 saturated carbocycles. The van der Waals surface area contributed by atoms with Crippen molar-refractivity contribution in [3.63, 3.8) is 0 Å². The van der Waals surface area contributed by atoms with E-state index in [2.05, 4.69) is 5.32 Å². The number of aryl methyl sites for hydroxylation is 1. The van der Waals surface area contributed by atoms with Gasteiger partial charge in [0.2, 0.25) is 11.8 Å². The lowest BCUT2D eigenvalue weighted by molar-refractivity contribution is -0.120. The first-order valence-corrected chi connectivity index (χ1v) is 9.97. The number of nitrogens with one attached hydrogen (secondary N) is 1. The van der Waals surface area contributed by atoms with E-state index >= 15 is 0 Å². The first-order valence-electron chi connectivity index (χ1n) is 9.59. The Hall–Kier alpha value is -3.44. The summed E-state index contributed by atoms with van der Waals surface area (Å²) < 4.78 is 0. The number of hydrogen-bond acceptors (Lipinski definition) is 3. The molecule has 0 atom stereocenters. The largest absolute Gasteiger partial charge is 0.325 e. The average Bonchev–Trinajstić information content (AvgIpc) is 2.85. The fourth-order valence-corrected chi connectivity index (χ4v) is 3.52. The number of amides is 2. The van der Waals surface area contributed by atoms with Gasteiger partial charge in [0.1, 0.15) is 6.54 Å². The second kappa shape index (κ2) is 8.51. The van der Waals surface area contributed by atoms with Gasteiger partial charge in [-0.2, -0.15) is 0 Å². The topological polar surface area (TPSA) is 61.8 Å². The van der Waals surface area contributed by atoms with Crippen LogP contribution in [-0.2, 0) is 9.59 Å². The third-order valence-corrected chi connectivity index (χ3v) is 5.08. The molecule has 0 saturated heterocycles. The van der Waals surface area contributed by atoms with Gasteiger partial charge in [-0.25, -0.2) is 0 Å². The van der Waals surface area contributed by atoms with Crippen LogP contribution < -0.4 is 10.2 Å². The summed E-state index contributed by atoms with van der Waals surface area (Å²) in [6, 6.07) is 22.1. The molecule has 0 bridgehead atoms. The zero-order valence-electron chi connectivity index (χ0n) is 16.4. The molecule has 0 spiro atoms. The fraction of sp³-hybridized carbons (Fsp3) is 0.125. The molecule has 0 unspecified atom stereocenters. The number of carbonyl (C=O) groups excluding carboxylic acids is 2. The van der Waals surface area contributed by atoms with Crippen molar-refractivity contribution in [2.24, 2.45) is 4.99 Å². The summed E-state index contributed by atoms with van der Waals surface area (Å²) in [5.74, 6) is -0.452. The van der Waals surface area contributed by atoms with Crippen molar-refractivity contribution >= 4 is 46.2 Å². The Bertz CT molecular complexity index is 1140. The summed E-state index contributed by atoms with van der Waals surface area (Å²) in [5, 5.41) is 3.49. The van der Waals surface area contributed by atoms with Gasteiger partial charge in [-0.3, -0.25) is 14.6 Å². The number of para-hydroxylation sites is 2. The molecule has 3 aromatic rings. The smallest absolute Gasteiger partial charge is 0.244 e. The molecular weight excluding hydrogens is 398 g/mol. The molecule has 0 aromatic heterocycles. The fourth-order valence-electron chi connectivity index (χ4n) is 3.39. The third-order valence-electron chi connectivity index (χ3n) is 4.83. The Morgan fingerprint density at radius 1 is 1.07 bits per heavy atom. The van der Waals surface area contributed by atoms with E-state index in [1.807, 2.05) is 67.6 Å². The van der Waals surface area contributed by atoms with Crippen LogP contribution in [0.15, 0.2) is 77.8 Å². The highest BCUT2D eigenvalue weighted by atomic mass is 35.5. The zero-order chi connectivity index (χ0) is 21.1. The van der Waals surface area contributed by atoms with Crippen LogP contribution in [0.5, 0.6) is 0 Å². The maximum absolute atomic E-state index is 13.1. The molecule has 1 N–H and O–H groups in total. The summed E-state index contributed by atoms with van der Waals surface area (Å²) in [7, 11) is 0. The monoisotopic (exact) mass is 417 g/mol. The van der Waals surface area contributed by atoms with Crippen molar-refractivity contribution in [1.29, 1.82) is 0 Å². The number of anilines is 2. The third kappa shape index (κ3) is 4.42. The summed E-state index contributed by atoms with van der Waals surface area (Å²) >= 11 is 5.99. The van der Waals surface area contributed by atoms with Gasteiger partial charge < -0.3 is 10.2 Å². The quantitative estimate of drug-likeness (QED) is 0.638. The Morgan fingerprint density at radius 3 is 2.60 bits per heavy atom. The molecule has 0 aliphatic carbocycles. The van der Waals surface area contributed by atoms with Crippen LogP contribution in [-0.4, -0.2) is 24.1 Å². The first-order chi connectivity index (χ1) is 14.5. The molecule has 6 heteroatoms. The van der Waals surface area contributed by atoms with Crippen molar-refractivity contribution in [3.8, 4) is 0 Å². The lowest BCUT2D eigenvalue weighted by atomic mass is 10.1. The van der Waals surface area contributed by atoms with Gasteiger partial charge in [0.05, 0.1) is 23.5 Å². The zero-order valence-corrected chi connectivity index (χ0v) is 17.2. The van der Waals surface area contributed by atoms with Crippen LogP contribution in [0.2, 0.25) is 5.02 Å². The minimum Gasteiger partial charge on any atom is -0.325 e. The minimum atomic E-state index is -0.265. The number of rotatable bonds is 4. The number of aliphatic imine (C=N–C) groups is 1. The maximum atomic E-state index is 13.1. The normalized spacial score (nSPS) is 13.3. The molecule has 150 valence electrons. The Balaban J connectivity index is 1.61. The van der Waals surface area contributed by atoms with Gasteiger partial charge >= 0.3 is 0 Å². The van der Waals surface area contributed by atoms with Crippen molar-refractivity contribution in [2.75, 3.05) is 16.8 Å². The van der Waals surface area contributed by atoms with E-state index in [1.165, 1.54) is 4.90 Å². The first kappa shape index (κ1) is 19.9. The van der Waals surface area contributed by atoms with Gasteiger partial charge in [0, 0.05) is 10.7 Å². The van der Waals surface area contributed by atoms with Gasteiger partial charge in [-0.15, -0.1) is 0 Å². The number of benzene rings is 3. The second-order valence-corrected chi connectivity index (χ2v) is 7.56. The van der Waals surface area contributed by atoms with Crippen molar-refractivity contribution in [3.05, 3.63) is 88.9 Å². The van der Waals surface area contributed by atoms with Crippen molar-refractivity contribution < 1.29 is 9.59 Å². The van der Waals surface area contributed by atoms with E-state index in [0.29, 0.717) is 27.8 Å². The molecule has 0 radical (unpaired) electrons. The van der Waals surface area contributed by atoms with Crippen LogP contribution >= 0.6 is 11.6 Å². The number of fused-ring (bicyclic) bond motifs is 1. The van der Waals surface area contributed by atoms with Crippen molar-refractivity contribution in [2.45, 2.75) is 13.3 Å². The molecule has 3 aromatic carbocycles. The number of halogens is 1. The van der Waals surface area contributed by atoms with Crippen molar-refractivity contribution in [1.82, 2.24) is 0 Å². The van der Waals surface area contributed by atoms with E-state index in [9.17, 15) is 9.59 Å². The molecule has 30 heavy (non-hydrogen) atoms.